The first-order valence-electron chi connectivity index (χ1n) is 6.77. The molecule has 21 heavy (non-hydrogen) atoms. The maximum atomic E-state index is 12.4. The average Bonchev–Trinajstić information content (AvgIpc) is 2.83. The zero-order valence-corrected chi connectivity index (χ0v) is 12.1. The van der Waals surface area contributed by atoms with E-state index in [1.54, 1.807) is 14.2 Å². The molecule has 106 valence electrons. The SMILES string of the molecule is COc1cccc(/C=C2\Cc3cc(OC)ccc3C2=O)c1. The minimum Gasteiger partial charge on any atom is -0.497 e. The van der Waals surface area contributed by atoms with Crippen molar-refractivity contribution in [1.82, 2.24) is 0 Å². The smallest absolute Gasteiger partial charge is 0.189 e. The van der Waals surface area contributed by atoms with Gasteiger partial charge in [-0.3, -0.25) is 4.79 Å². The fraction of sp³-hybridized carbons (Fsp3) is 0.167. The lowest BCUT2D eigenvalue weighted by molar-refractivity contribution is 0.104. The summed E-state index contributed by atoms with van der Waals surface area (Å²) in [6, 6.07) is 13.3. The molecule has 0 bridgehead atoms. The molecule has 0 heterocycles. The highest BCUT2D eigenvalue weighted by Crippen LogP contribution is 2.31. The van der Waals surface area contributed by atoms with Crippen molar-refractivity contribution in [1.29, 1.82) is 0 Å². The van der Waals surface area contributed by atoms with E-state index in [0.717, 1.165) is 33.8 Å². The molecule has 0 radical (unpaired) electrons. The van der Waals surface area contributed by atoms with Gasteiger partial charge >= 0.3 is 0 Å². The van der Waals surface area contributed by atoms with Crippen LogP contribution in [0.4, 0.5) is 0 Å². The van der Waals surface area contributed by atoms with Gasteiger partial charge in [0.05, 0.1) is 14.2 Å². The molecule has 0 fully saturated rings. The van der Waals surface area contributed by atoms with Crippen molar-refractivity contribution in [3.63, 3.8) is 0 Å². The van der Waals surface area contributed by atoms with Crippen LogP contribution in [0, 0.1) is 0 Å². The molecule has 0 aliphatic heterocycles. The maximum Gasteiger partial charge on any atom is 0.189 e. The number of rotatable bonds is 3. The van der Waals surface area contributed by atoms with Gasteiger partial charge in [-0.25, -0.2) is 0 Å². The van der Waals surface area contributed by atoms with E-state index in [2.05, 4.69) is 0 Å². The van der Waals surface area contributed by atoms with E-state index >= 15 is 0 Å². The normalized spacial score (nSPS) is 15.1. The van der Waals surface area contributed by atoms with Crippen molar-refractivity contribution in [2.75, 3.05) is 14.2 Å². The molecule has 3 heteroatoms. The highest BCUT2D eigenvalue weighted by Gasteiger charge is 2.25. The lowest BCUT2D eigenvalue weighted by Gasteiger charge is -2.01. The second kappa shape index (κ2) is 5.44. The summed E-state index contributed by atoms with van der Waals surface area (Å²) in [5, 5.41) is 0. The van der Waals surface area contributed by atoms with Crippen LogP contribution in [0.5, 0.6) is 11.5 Å². The van der Waals surface area contributed by atoms with Gasteiger partial charge in [-0.1, -0.05) is 12.1 Å². The summed E-state index contributed by atoms with van der Waals surface area (Å²) in [4.78, 5) is 12.4. The Hall–Kier alpha value is -2.55. The number of methoxy groups -OCH3 is 2. The van der Waals surface area contributed by atoms with Crippen LogP contribution in [0.2, 0.25) is 0 Å². The van der Waals surface area contributed by atoms with Gasteiger partial charge in [-0.05, 0) is 47.5 Å². The van der Waals surface area contributed by atoms with E-state index in [4.69, 9.17) is 9.47 Å². The fourth-order valence-electron chi connectivity index (χ4n) is 2.57. The van der Waals surface area contributed by atoms with Gasteiger partial charge in [0.1, 0.15) is 11.5 Å². The molecule has 3 nitrogen and oxygen atoms in total. The predicted octanol–water partition coefficient (Wildman–Crippen LogP) is 3.53. The number of benzene rings is 2. The van der Waals surface area contributed by atoms with Crippen LogP contribution in [-0.4, -0.2) is 20.0 Å². The van der Waals surface area contributed by atoms with E-state index in [9.17, 15) is 4.79 Å². The van der Waals surface area contributed by atoms with Gasteiger partial charge < -0.3 is 9.47 Å². The van der Waals surface area contributed by atoms with Crippen molar-refractivity contribution >= 4 is 11.9 Å². The van der Waals surface area contributed by atoms with Crippen LogP contribution in [0.1, 0.15) is 21.5 Å². The number of ketones is 1. The number of hydrogen-bond donors (Lipinski definition) is 0. The second-order valence-electron chi connectivity index (χ2n) is 4.98. The van der Waals surface area contributed by atoms with Crippen LogP contribution in [0.3, 0.4) is 0 Å². The quantitative estimate of drug-likeness (QED) is 0.807. The Labute approximate surface area is 123 Å². The molecule has 1 aliphatic carbocycles. The molecule has 0 spiro atoms. The maximum absolute atomic E-state index is 12.4. The number of ether oxygens (including phenoxy) is 2. The highest BCUT2D eigenvalue weighted by atomic mass is 16.5. The number of allylic oxidation sites excluding steroid dienone is 1. The lowest BCUT2D eigenvalue weighted by Crippen LogP contribution is -1.95. The summed E-state index contributed by atoms with van der Waals surface area (Å²) in [6.07, 6.45) is 2.57. The number of hydrogen-bond acceptors (Lipinski definition) is 3. The van der Waals surface area contributed by atoms with Crippen LogP contribution in [0.25, 0.3) is 6.08 Å². The van der Waals surface area contributed by atoms with Gasteiger partial charge in [0.25, 0.3) is 0 Å². The van der Waals surface area contributed by atoms with Crippen molar-refractivity contribution in [3.8, 4) is 11.5 Å². The first-order chi connectivity index (χ1) is 10.2. The summed E-state index contributed by atoms with van der Waals surface area (Å²) in [6.45, 7) is 0. The van der Waals surface area contributed by atoms with E-state index in [-0.39, 0.29) is 5.78 Å². The Morgan fingerprint density at radius 2 is 1.76 bits per heavy atom. The number of Topliss-reactive ketones (excluding diaryl/α,β-unsaturated/α-hetero) is 1. The third-order valence-corrected chi connectivity index (χ3v) is 3.66. The molecule has 0 saturated heterocycles. The lowest BCUT2D eigenvalue weighted by atomic mass is 10.1. The fourth-order valence-corrected chi connectivity index (χ4v) is 2.57. The Bertz CT molecular complexity index is 729. The first-order valence-corrected chi connectivity index (χ1v) is 6.77. The topological polar surface area (TPSA) is 35.5 Å². The number of carbonyl (C=O) groups excluding carboxylic acids is 1. The summed E-state index contributed by atoms with van der Waals surface area (Å²) in [5.41, 5.74) is 3.56. The molecule has 1 aliphatic rings. The summed E-state index contributed by atoms with van der Waals surface area (Å²) < 4.78 is 10.4. The van der Waals surface area contributed by atoms with E-state index in [1.807, 2.05) is 48.5 Å². The minimum absolute atomic E-state index is 0.0930. The van der Waals surface area contributed by atoms with Gasteiger partial charge in [-0.15, -0.1) is 0 Å². The molecule has 0 amide bonds. The van der Waals surface area contributed by atoms with Crippen molar-refractivity contribution in [3.05, 3.63) is 64.7 Å². The molecule has 0 unspecified atom stereocenters. The zero-order chi connectivity index (χ0) is 14.8. The Morgan fingerprint density at radius 1 is 1.00 bits per heavy atom. The van der Waals surface area contributed by atoms with Crippen molar-refractivity contribution < 1.29 is 14.3 Å². The molecule has 0 N–H and O–H groups in total. The molecular weight excluding hydrogens is 264 g/mol. The molecule has 2 aromatic carbocycles. The van der Waals surface area contributed by atoms with Gasteiger partial charge in [-0.2, -0.15) is 0 Å². The first kappa shape index (κ1) is 13.4. The molecule has 3 rings (SSSR count). The highest BCUT2D eigenvalue weighted by molar-refractivity contribution is 6.15. The summed E-state index contributed by atoms with van der Waals surface area (Å²) in [5.74, 6) is 1.66. The Morgan fingerprint density at radius 3 is 2.52 bits per heavy atom. The average molecular weight is 280 g/mol. The van der Waals surface area contributed by atoms with E-state index < -0.39 is 0 Å². The van der Waals surface area contributed by atoms with Gasteiger partial charge in [0.2, 0.25) is 0 Å². The van der Waals surface area contributed by atoms with E-state index in [1.165, 1.54) is 0 Å². The standard InChI is InChI=1S/C18H16O3/c1-20-15-5-3-4-12(9-15)8-14-10-13-11-16(21-2)6-7-17(13)18(14)19/h3-9,11H,10H2,1-2H3/b14-8+. The van der Waals surface area contributed by atoms with Crippen LogP contribution < -0.4 is 9.47 Å². The minimum atomic E-state index is 0.0930. The molecule has 0 atom stereocenters. The van der Waals surface area contributed by atoms with Crippen LogP contribution in [-0.2, 0) is 6.42 Å². The van der Waals surface area contributed by atoms with Crippen LogP contribution in [0.15, 0.2) is 48.0 Å². The molecule has 0 saturated carbocycles. The largest absolute Gasteiger partial charge is 0.497 e. The van der Waals surface area contributed by atoms with Gasteiger partial charge in [0, 0.05) is 17.6 Å². The number of fused-ring (bicyclic) bond motifs is 1. The summed E-state index contributed by atoms with van der Waals surface area (Å²) in [7, 11) is 3.26. The predicted molar refractivity (Wildman–Crippen MR) is 82.0 cm³/mol. The van der Waals surface area contributed by atoms with Crippen molar-refractivity contribution in [2.45, 2.75) is 6.42 Å². The molecular formula is C18H16O3. The van der Waals surface area contributed by atoms with Crippen LogP contribution >= 0.6 is 0 Å². The third kappa shape index (κ3) is 2.55. The Kier molecular flexibility index (Phi) is 3.48. The van der Waals surface area contributed by atoms with Gasteiger partial charge in [0.15, 0.2) is 5.78 Å². The second-order valence-corrected chi connectivity index (χ2v) is 4.98. The zero-order valence-electron chi connectivity index (χ0n) is 12.1. The molecule has 0 aromatic heterocycles. The summed E-state index contributed by atoms with van der Waals surface area (Å²) >= 11 is 0. The monoisotopic (exact) mass is 280 g/mol. The Balaban J connectivity index is 1.94. The third-order valence-electron chi connectivity index (χ3n) is 3.66. The van der Waals surface area contributed by atoms with E-state index in [0.29, 0.717) is 6.42 Å². The number of carbonyl (C=O) groups is 1. The molecule has 2 aromatic rings. The van der Waals surface area contributed by atoms with Crippen molar-refractivity contribution in [2.24, 2.45) is 0 Å².